The number of nitrogens with zero attached hydrogens (tertiary/aromatic N) is 6. The number of benzene rings is 1. The van der Waals surface area contributed by atoms with Crippen molar-refractivity contribution < 1.29 is 27.6 Å². The Hall–Kier alpha value is -5.27. The lowest BCUT2D eigenvalue weighted by atomic mass is 9.97. The molecule has 4 aromatic rings. The molecule has 1 saturated heterocycles. The molecule has 14 heteroatoms. The van der Waals surface area contributed by atoms with Gasteiger partial charge in [-0.05, 0) is 44.2 Å². The highest BCUT2D eigenvalue weighted by Gasteiger charge is 2.44. The van der Waals surface area contributed by atoms with Crippen LogP contribution in [0, 0.1) is 0 Å². The number of anilines is 2. The van der Waals surface area contributed by atoms with Gasteiger partial charge in [-0.3, -0.25) is 18.8 Å². The molecular weight excluding hydrogens is 577 g/mol. The van der Waals surface area contributed by atoms with Gasteiger partial charge in [-0.1, -0.05) is 18.7 Å². The summed E-state index contributed by atoms with van der Waals surface area (Å²) in [5.74, 6) is -0.748. The van der Waals surface area contributed by atoms with E-state index in [0.29, 0.717) is 29.1 Å². The van der Waals surface area contributed by atoms with E-state index in [4.69, 9.17) is 10.7 Å². The van der Waals surface area contributed by atoms with Crippen LogP contribution in [0.4, 0.5) is 24.8 Å². The summed E-state index contributed by atoms with van der Waals surface area (Å²) in [6, 6.07) is 6.33. The van der Waals surface area contributed by atoms with Gasteiger partial charge in [0.1, 0.15) is 34.7 Å². The maximum Gasteiger partial charge on any atom is 0.416 e. The Kier molecular flexibility index (Phi) is 7.84. The zero-order chi connectivity index (χ0) is 31.9. The van der Waals surface area contributed by atoms with E-state index in [2.05, 4.69) is 21.9 Å². The predicted molar refractivity (Wildman–Crippen MR) is 156 cm³/mol. The topological polar surface area (TPSA) is 139 Å². The van der Waals surface area contributed by atoms with Gasteiger partial charge < -0.3 is 20.9 Å². The van der Waals surface area contributed by atoms with Crippen molar-refractivity contribution in [1.82, 2.24) is 29.2 Å². The van der Waals surface area contributed by atoms with Gasteiger partial charge in [0.2, 0.25) is 11.8 Å². The van der Waals surface area contributed by atoms with Crippen molar-refractivity contribution in [2.45, 2.75) is 45.1 Å². The fourth-order valence-electron chi connectivity index (χ4n) is 5.57. The fraction of sp³-hybridized carbons (Fsp3) is 0.267. The van der Waals surface area contributed by atoms with E-state index >= 15 is 0 Å². The van der Waals surface area contributed by atoms with Crippen molar-refractivity contribution >= 4 is 34.9 Å². The van der Waals surface area contributed by atoms with E-state index < -0.39 is 29.7 Å². The minimum Gasteiger partial charge on any atom is -0.382 e. The van der Waals surface area contributed by atoms with Crippen LogP contribution in [0.25, 0.3) is 16.8 Å². The number of piperazine rings is 1. The third-order valence-electron chi connectivity index (χ3n) is 7.64. The molecule has 1 fully saturated rings. The summed E-state index contributed by atoms with van der Waals surface area (Å²) >= 11 is 0. The standard InChI is InChI=1S/C30H29F3N8O3/c1-5-23(43)41-16(2)15-40(18(4)42)17(3)25(41)28-38-24(26-27(34)36-12-13-39(26)28)19-6-8-20(9-7-19)29(44)37-22-14-21(10-11-35-22)30(31,32)33/h5-14,16-17,25H,1,15H2,2-4H3,(H2,34,36)(H,35,37,44)/t16-,17-,25?/m0/s1. The summed E-state index contributed by atoms with van der Waals surface area (Å²) in [6.45, 7) is 9.16. The summed E-state index contributed by atoms with van der Waals surface area (Å²) < 4.78 is 40.9. The number of aromatic nitrogens is 4. The zero-order valence-corrected chi connectivity index (χ0v) is 24.0. The molecule has 0 aliphatic carbocycles. The Balaban J connectivity index is 1.54. The van der Waals surface area contributed by atoms with E-state index in [1.54, 1.807) is 32.5 Å². The van der Waals surface area contributed by atoms with Crippen LogP contribution in [-0.2, 0) is 15.8 Å². The van der Waals surface area contributed by atoms with Gasteiger partial charge >= 0.3 is 6.18 Å². The average Bonchev–Trinajstić information content (AvgIpc) is 3.37. The van der Waals surface area contributed by atoms with Crippen molar-refractivity contribution in [2.24, 2.45) is 0 Å². The number of hydrogen-bond donors (Lipinski definition) is 2. The number of nitrogen functional groups attached to an aromatic ring is 1. The first kappa shape index (κ1) is 30.2. The highest BCUT2D eigenvalue weighted by atomic mass is 19.4. The predicted octanol–water partition coefficient (Wildman–Crippen LogP) is 4.34. The Morgan fingerprint density at radius 3 is 2.43 bits per heavy atom. The number of rotatable bonds is 5. The first-order valence-electron chi connectivity index (χ1n) is 13.6. The largest absolute Gasteiger partial charge is 0.416 e. The molecule has 3 atom stereocenters. The Morgan fingerprint density at radius 2 is 1.80 bits per heavy atom. The molecule has 3 amide bonds. The number of carbonyl (C=O) groups is 3. The van der Waals surface area contributed by atoms with Crippen LogP contribution in [0.5, 0.6) is 0 Å². The lowest BCUT2D eigenvalue weighted by molar-refractivity contribution is -0.147. The van der Waals surface area contributed by atoms with E-state index in [9.17, 15) is 27.6 Å². The number of amides is 3. The number of nitrogens with one attached hydrogen (secondary N) is 1. The molecule has 1 aromatic carbocycles. The van der Waals surface area contributed by atoms with Crippen LogP contribution >= 0.6 is 0 Å². The van der Waals surface area contributed by atoms with E-state index in [0.717, 1.165) is 18.3 Å². The quantitative estimate of drug-likeness (QED) is 0.322. The SMILES string of the molecule is C=CC(=O)N1C(c2nc(-c3ccc(C(=O)Nc4cc(C(F)(F)F)ccn4)cc3)c3c(N)nccn23)[C@H](C)N(C(C)=O)C[C@@H]1C. The number of hydrogen-bond acceptors (Lipinski definition) is 7. The number of pyridine rings is 1. The van der Waals surface area contributed by atoms with Crippen LogP contribution in [-0.4, -0.2) is 65.5 Å². The van der Waals surface area contributed by atoms with Gasteiger partial charge in [0.15, 0.2) is 0 Å². The molecule has 228 valence electrons. The maximum atomic E-state index is 13.1. The second-order valence-corrected chi connectivity index (χ2v) is 10.5. The minimum absolute atomic E-state index is 0.142. The molecule has 3 aromatic heterocycles. The van der Waals surface area contributed by atoms with Gasteiger partial charge in [-0.2, -0.15) is 13.2 Å². The molecule has 0 bridgehead atoms. The molecule has 1 aliphatic rings. The highest BCUT2D eigenvalue weighted by Crippen LogP contribution is 2.38. The summed E-state index contributed by atoms with van der Waals surface area (Å²) in [5.41, 5.74) is 6.98. The van der Waals surface area contributed by atoms with Gasteiger partial charge in [0.25, 0.3) is 5.91 Å². The van der Waals surface area contributed by atoms with Crippen LogP contribution in [0.2, 0.25) is 0 Å². The third kappa shape index (κ3) is 5.45. The van der Waals surface area contributed by atoms with Gasteiger partial charge in [-0.25, -0.2) is 15.0 Å². The van der Waals surface area contributed by atoms with Gasteiger partial charge in [0.05, 0.1) is 11.6 Å². The summed E-state index contributed by atoms with van der Waals surface area (Å²) in [6.07, 6.45) is 0.786. The number of alkyl halides is 3. The average molecular weight is 607 g/mol. The molecule has 3 N–H and O–H groups in total. The Morgan fingerprint density at radius 1 is 1.09 bits per heavy atom. The van der Waals surface area contributed by atoms with Gasteiger partial charge in [-0.15, -0.1) is 0 Å². The molecular formula is C30H29F3N8O3. The normalized spacial score (nSPS) is 18.7. The van der Waals surface area contributed by atoms with Crippen LogP contribution in [0.1, 0.15) is 48.6 Å². The second-order valence-electron chi connectivity index (χ2n) is 10.5. The first-order chi connectivity index (χ1) is 20.8. The second kappa shape index (κ2) is 11.4. The van der Waals surface area contributed by atoms with Crippen molar-refractivity contribution in [2.75, 3.05) is 17.6 Å². The van der Waals surface area contributed by atoms with Gasteiger partial charge in [0, 0.05) is 49.2 Å². The molecule has 11 nitrogen and oxygen atoms in total. The number of nitrogens with two attached hydrogens (primary N) is 1. The molecule has 0 saturated carbocycles. The number of halogens is 3. The number of fused-ring (bicyclic) bond motifs is 1. The maximum absolute atomic E-state index is 13.1. The lowest BCUT2D eigenvalue weighted by Gasteiger charge is -2.48. The molecule has 5 rings (SSSR count). The van der Waals surface area contributed by atoms with E-state index in [1.807, 2.05) is 13.8 Å². The van der Waals surface area contributed by atoms with Crippen LogP contribution in [0.15, 0.2) is 67.6 Å². The smallest absolute Gasteiger partial charge is 0.382 e. The molecule has 1 aliphatic heterocycles. The molecule has 44 heavy (non-hydrogen) atoms. The summed E-state index contributed by atoms with van der Waals surface area (Å²) in [7, 11) is 0. The molecule has 0 spiro atoms. The molecule has 4 heterocycles. The third-order valence-corrected chi connectivity index (χ3v) is 7.64. The first-order valence-corrected chi connectivity index (χ1v) is 13.6. The Labute approximate surface area is 250 Å². The number of carbonyl (C=O) groups excluding carboxylic acids is 3. The Bertz CT molecular complexity index is 1770. The highest BCUT2D eigenvalue weighted by molar-refractivity contribution is 6.04. The molecule has 0 radical (unpaired) electrons. The van der Waals surface area contributed by atoms with E-state index in [-0.39, 0.29) is 35.1 Å². The molecule has 1 unspecified atom stereocenters. The summed E-state index contributed by atoms with van der Waals surface area (Å²) in [4.78, 5) is 54.8. The number of imidazole rings is 1. The van der Waals surface area contributed by atoms with E-state index in [1.165, 1.54) is 31.3 Å². The van der Waals surface area contributed by atoms with Crippen LogP contribution in [0.3, 0.4) is 0 Å². The minimum atomic E-state index is -4.58. The monoisotopic (exact) mass is 606 g/mol. The summed E-state index contributed by atoms with van der Waals surface area (Å²) in [5, 5.41) is 2.38. The fourth-order valence-corrected chi connectivity index (χ4v) is 5.57. The lowest BCUT2D eigenvalue weighted by Crippen LogP contribution is -2.60. The zero-order valence-electron chi connectivity index (χ0n) is 24.0. The van der Waals surface area contributed by atoms with Crippen LogP contribution < -0.4 is 11.1 Å². The van der Waals surface area contributed by atoms with Crippen molar-refractivity contribution in [3.8, 4) is 11.3 Å². The van der Waals surface area contributed by atoms with Crippen molar-refractivity contribution in [3.63, 3.8) is 0 Å². The van der Waals surface area contributed by atoms with Crippen molar-refractivity contribution in [3.05, 3.63) is 84.6 Å². The van der Waals surface area contributed by atoms with Crippen molar-refractivity contribution in [1.29, 1.82) is 0 Å².